The molecule has 0 aromatic rings. The predicted molar refractivity (Wildman–Crippen MR) is 60.9 cm³/mol. The highest BCUT2D eigenvalue weighted by molar-refractivity contribution is 14.1. The molecule has 1 aliphatic heterocycles. The number of unbranched alkanes of at least 4 members (excludes halogenated alkanes) is 1. The monoisotopic (exact) mass is 282 g/mol. The van der Waals surface area contributed by atoms with Gasteiger partial charge in [-0.2, -0.15) is 0 Å². The van der Waals surface area contributed by atoms with Crippen molar-refractivity contribution in [3.63, 3.8) is 0 Å². The van der Waals surface area contributed by atoms with Gasteiger partial charge in [-0.05, 0) is 19.3 Å². The maximum absolute atomic E-state index is 5.92. The molecule has 0 aromatic carbocycles. The minimum Gasteiger partial charge on any atom is -0.374 e. The van der Waals surface area contributed by atoms with E-state index in [4.69, 9.17) is 4.74 Å². The summed E-state index contributed by atoms with van der Waals surface area (Å²) in [5.74, 6) is 0. The van der Waals surface area contributed by atoms with E-state index in [-0.39, 0.29) is 0 Å². The van der Waals surface area contributed by atoms with Crippen molar-refractivity contribution in [2.24, 2.45) is 0 Å². The highest BCUT2D eigenvalue weighted by Gasteiger charge is 2.31. The second-order valence-electron chi connectivity index (χ2n) is 3.60. The van der Waals surface area contributed by atoms with Gasteiger partial charge >= 0.3 is 0 Å². The zero-order valence-electron chi connectivity index (χ0n) is 8.05. The van der Waals surface area contributed by atoms with E-state index in [1.165, 1.54) is 32.1 Å². The third-order valence-corrected chi connectivity index (χ3v) is 3.87. The number of halogens is 1. The Morgan fingerprint density at radius 2 is 2.17 bits per heavy atom. The molecule has 72 valence electrons. The topological polar surface area (TPSA) is 9.23 Å². The summed E-state index contributed by atoms with van der Waals surface area (Å²) in [4.78, 5) is 0. The first-order chi connectivity index (χ1) is 5.77. The van der Waals surface area contributed by atoms with Gasteiger partial charge in [-0.15, -0.1) is 0 Å². The van der Waals surface area contributed by atoms with Crippen LogP contribution in [0.3, 0.4) is 0 Å². The third-order valence-electron chi connectivity index (χ3n) is 2.56. The average molecular weight is 282 g/mol. The number of ether oxygens (including phenoxy) is 1. The Balaban J connectivity index is 2.25. The normalized spacial score (nSPS) is 35.8. The van der Waals surface area contributed by atoms with E-state index in [1.807, 2.05) is 0 Å². The molecule has 0 bridgehead atoms. The minimum absolute atomic E-state index is 0.550. The van der Waals surface area contributed by atoms with Crippen LogP contribution in [0.4, 0.5) is 0 Å². The van der Waals surface area contributed by atoms with Crippen LogP contribution in [0.2, 0.25) is 0 Å². The fourth-order valence-corrected chi connectivity index (χ4v) is 2.80. The van der Waals surface area contributed by atoms with Crippen molar-refractivity contribution in [1.29, 1.82) is 0 Å². The SMILES string of the molecule is CCCC[C@@H]1O[C@@H](CC)C[C@H]1I. The first-order valence-electron chi connectivity index (χ1n) is 5.07. The predicted octanol–water partition coefficient (Wildman–Crippen LogP) is 3.55. The third kappa shape index (κ3) is 2.87. The van der Waals surface area contributed by atoms with E-state index in [1.54, 1.807) is 0 Å². The van der Waals surface area contributed by atoms with Gasteiger partial charge in [-0.3, -0.25) is 0 Å². The Labute approximate surface area is 89.4 Å². The van der Waals surface area contributed by atoms with E-state index >= 15 is 0 Å². The van der Waals surface area contributed by atoms with Crippen LogP contribution in [0.5, 0.6) is 0 Å². The molecule has 1 saturated heterocycles. The lowest BCUT2D eigenvalue weighted by Gasteiger charge is -2.13. The lowest BCUT2D eigenvalue weighted by Crippen LogP contribution is -2.15. The molecular weight excluding hydrogens is 263 g/mol. The Morgan fingerprint density at radius 1 is 1.42 bits per heavy atom. The molecule has 0 aromatic heterocycles. The maximum Gasteiger partial charge on any atom is 0.0697 e. The van der Waals surface area contributed by atoms with Crippen LogP contribution >= 0.6 is 22.6 Å². The van der Waals surface area contributed by atoms with Gasteiger partial charge in [0.15, 0.2) is 0 Å². The molecule has 0 aliphatic carbocycles. The molecule has 1 nitrogen and oxygen atoms in total. The van der Waals surface area contributed by atoms with Crippen molar-refractivity contribution in [2.75, 3.05) is 0 Å². The largest absolute Gasteiger partial charge is 0.374 e. The molecule has 1 fully saturated rings. The summed E-state index contributed by atoms with van der Waals surface area (Å²) in [6, 6.07) is 0. The molecule has 1 rings (SSSR count). The molecule has 1 heterocycles. The summed E-state index contributed by atoms with van der Waals surface area (Å²) >= 11 is 2.55. The Morgan fingerprint density at radius 3 is 2.67 bits per heavy atom. The molecule has 1 aliphatic rings. The molecule has 12 heavy (non-hydrogen) atoms. The van der Waals surface area contributed by atoms with Crippen molar-refractivity contribution in [3.05, 3.63) is 0 Å². The van der Waals surface area contributed by atoms with Crippen LogP contribution in [0.15, 0.2) is 0 Å². The highest BCUT2D eigenvalue weighted by Crippen LogP contribution is 2.31. The van der Waals surface area contributed by atoms with Crippen LogP contribution < -0.4 is 0 Å². The molecule has 3 atom stereocenters. The van der Waals surface area contributed by atoms with Gasteiger partial charge in [0, 0.05) is 3.92 Å². The molecule has 2 heteroatoms. The fourth-order valence-electron chi connectivity index (χ4n) is 1.71. The van der Waals surface area contributed by atoms with E-state index in [9.17, 15) is 0 Å². The van der Waals surface area contributed by atoms with Gasteiger partial charge in [0.2, 0.25) is 0 Å². The quantitative estimate of drug-likeness (QED) is 0.566. The number of hydrogen-bond donors (Lipinski definition) is 0. The van der Waals surface area contributed by atoms with E-state index in [0.717, 1.165) is 3.92 Å². The summed E-state index contributed by atoms with van der Waals surface area (Å²) in [6.07, 6.45) is 7.43. The number of rotatable bonds is 4. The van der Waals surface area contributed by atoms with Crippen LogP contribution in [-0.4, -0.2) is 16.1 Å². The Hall–Kier alpha value is 0.690. The fraction of sp³-hybridized carbons (Fsp3) is 1.00. The molecule has 0 amide bonds. The van der Waals surface area contributed by atoms with E-state index < -0.39 is 0 Å². The minimum atomic E-state index is 0.550. The lowest BCUT2D eigenvalue weighted by molar-refractivity contribution is 0.0396. The molecular formula is C10H19IO. The van der Waals surface area contributed by atoms with Gasteiger partial charge in [0.25, 0.3) is 0 Å². The van der Waals surface area contributed by atoms with Crippen molar-refractivity contribution < 1.29 is 4.74 Å². The zero-order chi connectivity index (χ0) is 8.97. The van der Waals surface area contributed by atoms with Crippen molar-refractivity contribution in [3.8, 4) is 0 Å². The highest BCUT2D eigenvalue weighted by atomic mass is 127. The van der Waals surface area contributed by atoms with Gasteiger partial charge in [0.1, 0.15) is 0 Å². The Bertz CT molecular complexity index is 127. The van der Waals surface area contributed by atoms with Crippen molar-refractivity contribution in [2.45, 2.75) is 62.1 Å². The number of alkyl halides is 1. The summed E-state index contributed by atoms with van der Waals surface area (Å²) in [6.45, 7) is 4.46. The van der Waals surface area contributed by atoms with Crippen LogP contribution in [0, 0.1) is 0 Å². The standard InChI is InChI=1S/C10H19IO/c1-3-5-6-10-9(11)7-8(4-2)12-10/h8-10H,3-7H2,1-2H3/t8-,9+,10-/m0/s1. The van der Waals surface area contributed by atoms with Gasteiger partial charge < -0.3 is 4.74 Å². The summed E-state index contributed by atoms with van der Waals surface area (Å²) in [5, 5.41) is 0. The Kier molecular flexibility index (Phi) is 4.87. The lowest BCUT2D eigenvalue weighted by atomic mass is 10.1. The van der Waals surface area contributed by atoms with Crippen LogP contribution in [0.1, 0.15) is 46.0 Å². The van der Waals surface area contributed by atoms with Crippen molar-refractivity contribution >= 4 is 22.6 Å². The molecule has 0 radical (unpaired) electrons. The average Bonchev–Trinajstić information content (AvgIpc) is 2.43. The zero-order valence-corrected chi connectivity index (χ0v) is 10.2. The maximum atomic E-state index is 5.92. The summed E-state index contributed by atoms with van der Waals surface area (Å²) in [5.41, 5.74) is 0. The van der Waals surface area contributed by atoms with Crippen molar-refractivity contribution in [1.82, 2.24) is 0 Å². The van der Waals surface area contributed by atoms with Gasteiger partial charge in [-0.1, -0.05) is 49.3 Å². The molecule has 0 saturated carbocycles. The van der Waals surface area contributed by atoms with Gasteiger partial charge in [0.05, 0.1) is 12.2 Å². The first-order valence-corrected chi connectivity index (χ1v) is 6.32. The number of hydrogen-bond acceptors (Lipinski definition) is 1. The molecule has 0 spiro atoms. The van der Waals surface area contributed by atoms with Gasteiger partial charge in [-0.25, -0.2) is 0 Å². The summed E-state index contributed by atoms with van der Waals surface area (Å²) in [7, 11) is 0. The summed E-state index contributed by atoms with van der Waals surface area (Å²) < 4.78 is 6.68. The smallest absolute Gasteiger partial charge is 0.0697 e. The molecule has 0 N–H and O–H groups in total. The second-order valence-corrected chi connectivity index (χ2v) is 5.20. The van der Waals surface area contributed by atoms with E-state index in [0.29, 0.717) is 12.2 Å². The van der Waals surface area contributed by atoms with E-state index in [2.05, 4.69) is 36.4 Å². The van der Waals surface area contributed by atoms with Crippen LogP contribution in [0.25, 0.3) is 0 Å². The molecule has 0 unspecified atom stereocenters. The second kappa shape index (κ2) is 5.43. The first kappa shape index (κ1) is 10.8. The van der Waals surface area contributed by atoms with Crippen LogP contribution in [-0.2, 0) is 4.74 Å².